The largest absolute Gasteiger partial charge is 0.454 e. The number of nitrogens with one attached hydrogen (secondary N) is 1. The van der Waals surface area contributed by atoms with Crippen LogP contribution in [0.3, 0.4) is 0 Å². The zero-order chi connectivity index (χ0) is 52.5. The average molecular weight is 1020 g/mol. The van der Waals surface area contributed by atoms with Crippen molar-refractivity contribution in [1.82, 2.24) is 5.32 Å². The first-order chi connectivity index (χ1) is 35.2. The van der Waals surface area contributed by atoms with E-state index in [9.17, 15) is 35.1 Å². The minimum Gasteiger partial charge on any atom is -0.454 e. The third kappa shape index (κ3) is 37.8. The van der Waals surface area contributed by atoms with Gasteiger partial charge in [0, 0.05) is 6.42 Å². The summed E-state index contributed by atoms with van der Waals surface area (Å²) in [5, 5.41) is 56.8. The number of carbonyl (C=O) groups is 2. The van der Waals surface area contributed by atoms with Crippen LogP contribution in [0.15, 0.2) is 24.3 Å². The van der Waals surface area contributed by atoms with Crippen LogP contribution in [0.2, 0.25) is 0 Å². The van der Waals surface area contributed by atoms with E-state index in [4.69, 9.17) is 14.2 Å². The van der Waals surface area contributed by atoms with Crippen LogP contribution in [-0.2, 0) is 23.8 Å². The summed E-state index contributed by atoms with van der Waals surface area (Å²) in [4.78, 5) is 26.4. The van der Waals surface area contributed by atoms with Gasteiger partial charge in [0.25, 0.3) is 0 Å². The van der Waals surface area contributed by atoms with Gasteiger partial charge in [0.05, 0.1) is 25.4 Å². The first-order valence-electron chi connectivity index (χ1n) is 30.6. The Bertz CT molecular complexity index is 1270. The molecule has 1 rings (SSSR count). The van der Waals surface area contributed by atoms with Gasteiger partial charge in [-0.15, -0.1) is 0 Å². The zero-order valence-electron chi connectivity index (χ0n) is 46.8. The van der Waals surface area contributed by atoms with Gasteiger partial charge in [0.15, 0.2) is 12.4 Å². The van der Waals surface area contributed by atoms with Crippen LogP contribution in [0, 0.1) is 0 Å². The van der Waals surface area contributed by atoms with E-state index < -0.39 is 67.4 Å². The molecule has 0 aromatic rings. The lowest BCUT2D eigenvalue weighted by Gasteiger charge is -2.41. The van der Waals surface area contributed by atoms with Crippen LogP contribution in [0.5, 0.6) is 0 Å². The molecule has 0 aromatic heterocycles. The van der Waals surface area contributed by atoms with Crippen LogP contribution >= 0.6 is 0 Å². The van der Waals surface area contributed by atoms with Gasteiger partial charge in [0.1, 0.15) is 24.4 Å². The van der Waals surface area contributed by atoms with Crippen molar-refractivity contribution in [1.29, 1.82) is 0 Å². The molecule has 11 heteroatoms. The second kappa shape index (κ2) is 50.0. The van der Waals surface area contributed by atoms with Crippen molar-refractivity contribution in [3.8, 4) is 0 Å². The Hall–Kier alpha value is -1.86. The molecule has 11 nitrogen and oxygen atoms in total. The number of ether oxygens (including phenoxy) is 3. The van der Waals surface area contributed by atoms with Crippen molar-refractivity contribution in [2.24, 2.45) is 0 Å². The molecule has 1 aliphatic rings. The molecule has 0 aliphatic carbocycles. The predicted molar refractivity (Wildman–Crippen MR) is 297 cm³/mol. The van der Waals surface area contributed by atoms with E-state index >= 15 is 0 Å². The standard InChI is InChI=1S/C61H115NO10/c1-4-7-10-13-16-19-22-24-25-26-27-28-29-30-31-32-34-37-40-43-46-49-56(66)72-59-58(68)57(67)55(50-63)71-61(59)70-51-52(53(64)47-44-41-38-36-33-23-20-17-14-11-8-5-2)62-60(69)54(65)48-45-42-39-35-21-18-15-12-9-6-3/h15,18,44,47,52-55,57-59,61,63-65,67-68H,4-14,16-17,19-43,45-46,48-51H2,1-3H3,(H,62,69)/b18-15-,47-44+. The maximum atomic E-state index is 13.3. The molecule has 72 heavy (non-hydrogen) atoms. The molecule has 1 saturated heterocycles. The number of hydrogen-bond acceptors (Lipinski definition) is 10. The number of rotatable bonds is 52. The third-order valence-electron chi connectivity index (χ3n) is 14.6. The summed E-state index contributed by atoms with van der Waals surface area (Å²) in [7, 11) is 0. The minimum absolute atomic E-state index is 0.129. The molecule has 1 amide bonds. The molecule has 8 unspecified atom stereocenters. The van der Waals surface area contributed by atoms with Gasteiger partial charge in [-0.3, -0.25) is 9.59 Å². The predicted octanol–water partition coefficient (Wildman–Crippen LogP) is 14.1. The van der Waals surface area contributed by atoms with Crippen molar-refractivity contribution in [3.05, 3.63) is 24.3 Å². The number of aliphatic hydroxyl groups is 5. The van der Waals surface area contributed by atoms with Gasteiger partial charge in [-0.2, -0.15) is 0 Å². The molecule has 1 heterocycles. The minimum atomic E-state index is -1.61. The van der Waals surface area contributed by atoms with Gasteiger partial charge in [-0.25, -0.2) is 0 Å². The van der Waals surface area contributed by atoms with E-state index in [1.165, 1.54) is 173 Å². The van der Waals surface area contributed by atoms with E-state index in [1.54, 1.807) is 6.08 Å². The van der Waals surface area contributed by atoms with Crippen LogP contribution < -0.4 is 5.32 Å². The highest BCUT2D eigenvalue weighted by molar-refractivity contribution is 5.80. The van der Waals surface area contributed by atoms with Crippen LogP contribution in [0.4, 0.5) is 0 Å². The lowest BCUT2D eigenvalue weighted by Crippen LogP contribution is -2.61. The Morgan fingerprint density at radius 3 is 1.39 bits per heavy atom. The molecule has 0 radical (unpaired) electrons. The summed E-state index contributed by atoms with van der Waals surface area (Å²) in [5.41, 5.74) is 0. The fourth-order valence-corrected chi connectivity index (χ4v) is 9.69. The Kier molecular flexibility index (Phi) is 47.3. The quantitative estimate of drug-likeness (QED) is 0.0195. The first kappa shape index (κ1) is 68.2. The average Bonchev–Trinajstić information content (AvgIpc) is 3.38. The van der Waals surface area contributed by atoms with Crippen molar-refractivity contribution in [2.45, 2.75) is 339 Å². The monoisotopic (exact) mass is 1020 g/mol. The SMILES string of the molecule is CCCC/C=C\CCCCCCC(O)C(=O)NC(COC1OC(CO)C(O)C(O)C1OC(=O)CCCCCCCCCCCCCCCCCCCCCCC)C(O)/C=C/CCCCCCCCCCCC. The van der Waals surface area contributed by atoms with Crippen LogP contribution in [-0.4, -0.2) is 99.6 Å². The molecular formula is C61H115NO10. The first-order valence-corrected chi connectivity index (χ1v) is 30.6. The summed E-state index contributed by atoms with van der Waals surface area (Å²) < 4.78 is 17.6. The van der Waals surface area contributed by atoms with E-state index in [0.29, 0.717) is 12.8 Å². The lowest BCUT2D eigenvalue weighted by atomic mass is 9.99. The van der Waals surface area contributed by atoms with E-state index in [-0.39, 0.29) is 19.4 Å². The van der Waals surface area contributed by atoms with Crippen LogP contribution in [0.1, 0.15) is 290 Å². The summed E-state index contributed by atoms with van der Waals surface area (Å²) in [6.45, 7) is 5.75. The van der Waals surface area contributed by atoms with Crippen molar-refractivity contribution < 1.29 is 49.3 Å². The second-order valence-electron chi connectivity index (χ2n) is 21.4. The molecule has 0 aromatic carbocycles. The normalized spacial score (nSPS) is 19.6. The number of hydrogen-bond donors (Lipinski definition) is 6. The van der Waals surface area contributed by atoms with Crippen molar-refractivity contribution in [2.75, 3.05) is 13.2 Å². The molecule has 6 N–H and O–H groups in total. The summed E-state index contributed by atoms with van der Waals surface area (Å²) in [5.74, 6) is -1.19. The highest BCUT2D eigenvalue weighted by Crippen LogP contribution is 2.26. The molecule has 1 aliphatic heterocycles. The third-order valence-corrected chi connectivity index (χ3v) is 14.6. The molecule has 1 fully saturated rings. The van der Waals surface area contributed by atoms with Crippen molar-refractivity contribution in [3.63, 3.8) is 0 Å². The Morgan fingerprint density at radius 2 is 0.931 bits per heavy atom. The number of amides is 1. The number of carbonyl (C=O) groups excluding carboxylic acids is 2. The molecule has 8 atom stereocenters. The van der Waals surface area contributed by atoms with Crippen LogP contribution in [0.25, 0.3) is 0 Å². The maximum Gasteiger partial charge on any atom is 0.306 e. The Morgan fingerprint density at radius 1 is 0.528 bits per heavy atom. The topological polar surface area (TPSA) is 175 Å². The molecule has 424 valence electrons. The summed E-state index contributed by atoms with van der Waals surface area (Å²) in [6.07, 6.45) is 46.6. The lowest BCUT2D eigenvalue weighted by molar-refractivity contribution is -0.305. The van der Waals surface area contributed by atoms with Gasteiger partial charge in [-0.05, 0) is 44.9 Å². The highest BCUT2D eigenvalue weighted by Gasteiger charge is 2.47. The van der Waals surface area contributed by atoms with E-state index in [2.05, 4.69) is 38.2 Å². The van der Waals surface area contributed by atoms with Gasteiger partial charge in [-0.1, -0.05) is 263 Å². The fourth-order valence-electron chi connectivity index (χ4n) is 9.69. The zero-order valence-corrected chi connectivity index (χ0v) is 46.8. The van der Waals surface area contributed by atoms with Gasteiger partial charge < -0.3 is 45.1 Å². The fraction of sp³-hybridized carbons (Fsp3) is 0.902. The van der Waals surface area contributed by atoms with Gasteiger partial charge in [0.2, 0.25) is 5.91 Å². The second-order valence-corrected chi connectivity index (χ2v) is 21.4. The molecular weight excluding hydrogens is 907 g/mol. The molecule has 0 spiro atoms. The smallest absolute Gasteiger partial charge is 0.306 e. The maximum absolute atomic E-state index is 13.3. The molecule has 0 saturated carbocycles. The number of aliphatic hydroxyl groups excluding tert-OH is 5. The summed E-state index contributed by atoms with van der Waals surface area (Å²) >= 11 is 0. The highest BCUT2D eigenvalue weighted by atomic mass is 16.7. The van der Waals surface area contributed by atoms with Gasteiger partial charge >= 0.3 is 5.97 Å². The van der Waals surface area contributed by atoms with E-state index in [1.807, 2.05) is 6.08 Å². The Balaban J connectivity index is 2.62. The number of esters is 1. The van der Waals surface area contributed by atoms with Crippen molar-refractivity contribution >= 4 is 11.9 Å². The number of unbranched alkanes of at least 4 members (excludes halogenated alkanes) is 36. The molecule has 0 bridgehead atoms. The Labute approximate surface area is 441 Å². The van der Waals surface area contributed by atoms with E-state index in [0.717, 1.165) is 70.6 Å². The summed E-state index contributed by atoms with van der Waals surface area (Å²) in [6, 6.07) is -1.02. The number of allylic oxidation sites excluding steroid dienone is 3.